The van der Waals surface area contributed by atoms with Crippen molar-refractivity contribution in [2.45, 2.75) is 12.7 Å². The average Bonchev–Trinajstić information content (AvgIpc) is 2.37. The summed E-state index contributed by atoms with van der Waals surface area (Å²) < 4.78 is 39.3. The molecular formula is C12H12F3N3O. The molecule has 0 aliphatic rings. The monoisotopic (exact) mass is 271 g/mol. The van der Waals surface area contributed by atoms with Gasteiger partial charge < -0.3 is 5.73 Å². The Balaban J connectivity index is 2.47. The normalized spacial score (nSPS) is 13.7. The van der Waals surface area contributed by atoms with Crippen LogP contribution in [0.5, 0.6) is 0 Å². The van der Waals surface area contributed by atoms with E-state index in [0.717, 1.165) is 6.20 Å². The Morgan fingerprint density at radius 1 is 1.32 bits per heavy atom. The van der Waals surface area contributed by atoms with Crippen LogP contribution in [-0.2, 0) is 6.54 Å². The van der Waals surface area contributed by atoms with Crippen molar-refractivity contribution in [1.82, 2.24) is 9.78 Å². The van der Waals surface area contributed by atoms with Crippen molar-refractivity contribution in [1.29, 1.82) is 0 Å². The fourth-order valence-corrected chi connectivity index (χ4v) is 1.83. The first-order chi connectivity index (χ1) is 8.93. The summed E-state index contributed by atoms with van der Waals surface area (Å²) in [5.41, 5.74) is 5.21. The van der Waals surface area contributed by atoms with Gasteiger partial charge in [0.15, 0.2) is 0 Å². The maximum Gasteiger partial charge on any atom is 0.394 e. The minimum atomic E-state index is -4.39. The van der Waals surface area contributed by atoms with Gasteiger partial charge in [0.2, 0.25) is 5.43 Å². The standard InChI is InChI=1S/C12H12F3N3O/c13-12(14,15)8(5-16)7-18-10-4-2-1-3-9(10)11(19)6-17-18/h1-4,6,8H,5,7,16H2. The Hall–Kier alpha value is -1.89. The Labute approximate surface area is 106 Å². The molecular weight excluding hydrogens is 259 g/mol. The Morgan fingerprint density at radius 3 is 2.63 bits per heavy atom. The molecule has 0 aliphatic carbocycles. The number of fused-ring (bicyclic) bond motifs is 1. The molecule has 0 amide bonds. The average molecular weight is 271 g/mol. The number of hydrogen-bond acceptors (Lipinski definition) is 3. The van der Waals surface area contributed by atoms with E-state index in [-0.39, 0.29) is 5.43 Å². The topological polar surface area (TPSA) is 60.9 Å². The molecule has 1 aromatic carbocycles. The second-order valence-corrected chi connectivity index (χ2v) is 4.18. The summed E-state index contributed by atoms with van der Waals surface area (Å²) in [6.07, 6.45) is -3.37. The van der Waals surface area contributed by atoms with Crippen LogP contribution < -0.4 is 11.2 Å². The zero-order valence-electron chi connectivity index (χ0n) is 9.89. The van der Waals surface area contributed by atoms with Crippen molar-refractivity contribution in [2.75, 3.05) is 6.54 Å². The van der Waals surface area contributed by atoms with Crippen LogP contribution in [0.4, 0.5) is 13.2 Å². The van der Waals surface area contributed by atoms with E-state index in [4.69, 9.17) is 5.73 Å². The van der Waals surface area contributed by atoms with Gasteiger partial charge in [0, 0.05) is 11.9 Å². The van der Waals surface area contributed by atoms with Gasteiger partial charge >= 0.3 is 6.18 Å². The molecule has 102 valence electrons. The van der Waals surface area contributed by atoms with E-state index in [2.05, 4.69) is 5.10 Å². The lowest BCUT2D eigenvalue weighted by atomic mass is 10.1. The lowest BCUT2D eigenvalue weighted by Gasteiger charge is -2.20. The van der Waals surface area contributed by atoms with Crippen molar-refractivity contribution < 1.29 is 13.2 Å². The fourth-order valence-electron chi connectivity index (χ4n) is 1.83. The van der Waals surface area contributed by atoms with Crippen LogP contribution in [0.1, 0.15) is 0 Å². The Bertz CT molecular complexity index is 636. The molecule has 1 atom stereocenters. The highest BCUT2D eigenvalue weighted by Crippen LogP contribution is 2.27. The Kier molecular flexibility index (Phi) is 3.57. The lowest BCUT2D eigenvalue weighted by molar-refractivity contribution is -0.175. The zero-order valence-corrected chi connectivity index (χ0v) is 9.89. The number of rotatable bonds is 3. The van der Waals surface area contributed by atoms with Gasteiger partial charge in [0.05, 0.1) is 24.2 Å². The first-order valence-electron chi connectivity index (χ1n) is 5.65. The van der Waals surface area contributed by atoms with Gasteiger partial charge in [0.1, 0.15) is 0 Å². The second-order valence-electron chi connectivity index (χ2n) is 4.18. The van der Waals surface area contributed by atoms with E-state index in [9.17, 15) is 18.0 Å². The van der Waals surface area contributed by atoms with Crippen LogP contribution in [0, 0.1) is 5.92 Å². The summed E-state index contributed by atoms with van der Waals surface area (Å²) in [5.74, 6) is -1.69. The molecule has 0 radical (unpaired) electrons. The largest absolute Gasteiger partial charge is 0.394 e. The first-order valence-corrected chi connectivity index (χ1v) is 5.65. The van der Waals surface area contributed by atoms with Gasteiger partial charge in [-0.15, -0.1) is 0 Å². The number of nitrogens with zero attached hydrogens (tertiary/aromatic N) is 2. The van der Waals surface area contributed by atoms with E-state index in [0.29, 0.717) is 10.9 Å². The highest BCUT2D eigenvalue weighted by molar-refractivity contribution is 5.77. The molecule has 1 aromatic heterocycles. The molecule has 0 aliphatic heterocycles. The molecule has 2 aromatic rings. The highest BCUT2D eigenvalue weighted by Gasteiger charge is 2.38. The summed E-state index contributed by atoms with van der Waals surface area (Å²) in [6, 6.07) is 6.41. The van der Waals surface area contributed by atoms with Gasteiger partial charge in [-0.05, 0) is 12.1 Å². The molecule has 1 unspecified atom stereocenters. The van der Waals surface area contributed by atoms with Gasteiger partial charge in [-0.1, -0.05) is 12.1 Å². The van der Waals surface area contributed by atoms with Crippen molar-refractivity contribution in [2.24, 2.45) is 11.7 Å². The third kappa shape index (κ3) is 2.76. The van der Waals surface area contributed by atoms with E-state index in [1.807, 2.05) is 0 Å². The number of aromatic nitrogens is 2. The molecule has 0 saturated carbocycles. The molecule has 0 saturated heterocycles. The summed E-state index contributed by atoms with van der Waals surface area (Å²) in [7, 11) is 0. The van der Waals surface area contributed by atoms with Gasteiger partial charge in [-0.2, -0.15) is 18.3 Å². The number of alkyl halides is 3. The van der Waals surface area contributed by atoms with Gasteiger partial charge in [-0.3, -0.25) is 9.48 Å². The fraction of sp³-hybridized carbons (Fsp3) is 0.333. The number of halogens is 3. The first kappa shape index (κ1) is 13.5. The molecule has 7 heteroatoms. The molecule has 2 rings (SSSR count). The van der Waals surface area contributed by atoms with Crippen molar-refractivity contribution in [3.8, 4) is 0 Å². The maximum atomic E-state index is 12.7. The third-order valence-corrected chi connectivity index (χ3v) is 2.90. The molecule has 0 spiro atoms. The summed E-state index contributed by atoms with van der Waals surface area (Å²) >= 11 is 0. The number of hydrogen-bond donors (Lipinski definition) is 1. The van der Waals surface area contributed by atoms with Crippen LogP contribution in [-0.4, -0.2) is 22.5 Å². The predicted molar refractivity (Wildman–Crippen MR) is 64.6 cm³/mol. The molecule has 0 fully saturated rings. The number of para-hydroxylation sites is 1. The van der Waals surface area contributed by atoms with Crippen LogP contribution in [0.2, 0.25) is 0 Å². The zero-order chi connectivity index (χ0) is 14.0. The van der Waals surface area contributed by atoms with Crippen molar-refractivity contribution in [3.05, 3.63) is 40.7 Å². The second kappa shape index (κ2) is 5.00. The smallest absolute Gasteiger partial charge is 0.330 e. The minimum absolute atomic E-state index is 0.317. The van der Waals surface area contributed by atoms with E-state index >= 15 is 0 Å². The van der Waals surface area contributed by atoms with Gasteiger partial charge in [0.25, 0.3) is 0 Å². The number of nitrogens with two attached hydrogens (primary N) is 1. The number of benzene rings is 1. The van der Waals surface area contributed by atoms with E-state index < -0.39 is 25.2 Å². The Morgan fingerprint density at radius 2 is 2.00 bits per heavy atom. The van der Waals surface area contributed by atoms with E-state index in [1.54, 1.807) is 24.3 Å². The summed E-state index contributed by atoms with van der Waals surface area (Å²) in [4.78, 5) is 11.6. The molecule has 0 bridgehead atoms. The highest BCUT2D eigenvalue weighted by atomic mass is 19.4. The SMILES string of the molecule is NCC(Cn1ncc(=O)c2ccccc21)C(F)(F)F. The lowest BCUT2D eigenvalue weighted by Crippen LogP contribution is -2.34. The summed E-state index contributed by atoms with van der Waals surface area (Å²) in [6.45, 7) is -0.924. The van der Waals surface area contributed by atoms with Crippen molar-refractivity contribution >= 4 is 10.9 Å². The van der Waals surface area contributed by atoms with E-state index in [1.165, 1.54) is 4.68 Å². The van der Waals surface area contributed by atoms with Crippen molar-refractivity contribution in [3.63, 3.8) is 0 Å². The quantitative estimate of drug-likeness (QED) is 0.921. The molecule has 1 heterocycles. The van der Waals surface area contributed by atoms with Crippen LogP contribution in [0.3, 0.4) is 0 Å². The van der Waals surface area contributed by atoms with Crippen LogP contribution in [0.15, 0.2) is 35.3 Å². The third-order valence-electron chi connectivity index (χ3n) is 2.90. The van der Waals surface area contributed by atoms with Gasteiger partial charge in [-0.25, -0.2) is 0 Å². The molecule has 19 heavy (non-hydrogen) atoms. The van der Waals surface area contributed by atoms with Crippen LogP contribution in [0.25, 0.3) is 10.9 Å². The molecule has 2 N–H and O–H groups in total. The minimum Gasteiger partial charge on any atom is -0.330 e. The summed E-state index contributed by atoms with van der Waals surface area (Å²) in [5, 5.41) is 4.10. The predicted octanol–water partition coefficient (Wildman–Crippen LogP) is 1.53. The molecule has 4 nitrogen and oxygen atoms in total. The van der Waals surface area contributed by atoms with Crippen LogP contribution >= 0.6 is 0 Å². The maximum absolute atomic E-state index is 12.7.